The van der Waals surface area contributed by atoms with E-state index in [9.17, 15) is 18.0 Å². The zero-order valence-corrected chi connectivity index (χ0v) is 11.8. The van der Waals surface area contributed by atoms with Crippen LogP contribution in [-0.4, -0.2) is 21.6 Å². The zero-order valence-electron chi connectivity index (χ0n) is 11.8. The molecule has 1 N–H and O–H groups in total. The number of rotatable bonds is 3. The summed E-state index contributed by atoms with van der Waals surface area (Å²) in [5, 5.41) is 1.85. The highest BCUT2D eigenvalue weighted by atomic mass is 19.4. The maximum absolute atomic E-state index is 12.5. The average Bonchev–Trinajstić information content (AvgIpc) is 2.85. The standard InChI is InChI=1S/C16H12F3N3O/c17-16(18,19)14(23)21-15-20-12-8-4-5-9-13(12)22(15)10-11-6-2-1-3-7-11/h1-9H,10H2,(H,20,21,23). The molecule has 1 amide bonds. The first kappa shape index (κ1) is 15.1. The van der Waals surface area contributed by atoms with Crippen molar-refractivity contribution >= 4 is 22.9 Å². The van der Waals surface area contributed by atoms with E-state index in [1.54, 1.807) is 28.8 Å². The van der Waals surface area contributed by atoms with Crippen molar-refractivity contribution in [3.8, 4) is 0 Å². The van der Waals surface area contributed by atoms with Crippen molar-refractivity contribution in [3.05, 3.63) is 60.2 Å². The summed E-state index contributed by atoms with van der Waals surface area (Å²) in [5.74, 6) is -2.17. The second-order valence-corrected chi connectivity index (χ2v) is 4.95. The Balaban J connectivity index is 2.03. The molecule has 7 heteroatoms. The smallest absolute Gasteiger partial charge is 0.305 e. The minimum Gasteiger partial charge on any atom is -0.305 e. The Morgan fingerprint density at radius 1 is 1.04 bits per heavy atom. The molecule has 0 aliphatic rings. The van der Waals surface area contributed by atoms with Crippen LogP contribution in [0, 0.1) is 0 Å². The molecule has 4 nitrogen and oxygen atoms in total. The molecule has 0 aliphatic heterocycles. The Hall–Kier alpha value is -2.83. The first-order chi connectivity index (χ1) is 10.9. The summed E-state index contributed by atoms with van der Waals surface area (Å²) in [6.45, 7) is 0.300. The molecule has 0 saturated carbocycles. The lowest BCUT2D eigenvalue weighted by Crippen LogP contribution is -2.31. The number of aromatic nitrogens is 2. The van der Waals surface area contributed by atoms with Crippen LogP contribution in [0.25, 0.3) is 11.0 Å². The highest BCUT2D eigenvalue weighted by Crippen LogP contribution is 2.23. The maximum atomic E-state index is 12.5. The normalized spacial score (nSPS) is 11.6. The second-order valence-electron chi connectivity index (χ2n) is 4.95. The van der Waals surface area contributed by atoms with Gasteiger partial charge in [0.2, 0.25) is 5.95 Å². The van der Waals surface area contributed by atoms with Gasteiger partial charge in [-0.25, -0.2) is 4.98 Å². The topological polar surface area (TPSA) is 46.9 Å². The Kier molecular flexibility index (Phi) is 3.77. The van der Waals surface area contributed by atoms with Crippen molar-refractivity contribution in [2.75, 3.05) is 5.32 Å². The molecular weight excluding hydrogens is 307 g/mol. The molecule has 0 saturated heterocycles. The molecule has 118 valence electrons. The number of nitrogens with zero attached hydrogens (tertiary/aromatic N) is 2. The molecule has 1 heterocycles. The van der Waals surface area contributed by atoms with E-state index < -0.39 is 12.1 Å². The van der Waals surface area contributed by atoms with Crippen molar-refractivity contribution in [1.29, 1.82) is 0 Å². The number of carbonyl (C=O) groups excluding carboxylic acids is 1. The molecule has 0 spiro atoms. The molecule has 23 heavy (non-hydrogen) atoms. The van der Waals surface area contributed by atoms with Crippen molar-refractivity contribution in [3.63, 3.8) is 0 Å². The Morgan fingerprint density at radius 3 is 2.39 bits per heavy atom. The third-order valence-electron chi connectivity index (χ3n) is 3.32. The fourth-order valence-corrected chi connectivity index (χ4v) is 2.27. The number of carbonyl (C=O) groups is 1. The van der Waals surface area contributed by atoms with E-state index in [2.05, 4.69) is 4.98 Å². The highest BCUT2D eigenvalue weighted by Gasteiger charge is 2.39. The molecular formula is C16H12F3N3O. The number of anilines is 1. The van der Waals surface area contributed by atoms with Crippen molar-refractivity contribution < 1.29 is 18.0 Å². The van der Waals surface area contributed by atoms with Gasteiger partial charge in [-0.15, -0.1) is 0 Å². The summed E-state index contributed by atoms with van der Waals surface area (Å²) in [7, 11) is 0. The molecule has 3 rings (SSSR count). The fourth-order valence-electron chi connectivity index (χ4n) is 2.27. The van der Waals surface area contributed by atoms with E-state index in [1.807, 2.05) is 35.6 Å². The van der Waals surface area contributed by atoms with Crippen LogP contribution >= 0.6 is 0 Å². The summed E-state index contributed by atoms with van der Waals surface area (Å²) in [4.78, 5) is 15.3. The monoisotopic (exact) mass is 319 g/mol. The summed E-state index contributed by atoms with van der Waals surface area (Å²) in [6, 6.07) is 16.1. The SMILES string of the molecule is O=C(Nc1nc2ccccc2n1Cc1ccccc1)C(F)(F)F. The number of benzene rings is 2. The number of nitrogens with one attached hydrogen (secondary N) is 1. The van der Waals surface area contributed by atoms with E-state index in [-0.39, 0.29) is 5.95 Å². The van der Waals surface area contributed by atoms with Gasteiger partial charge in [0.05, 0.1) is 17.6 Å². The van der Waals surface area contributed by atoms with Gasteiger partial charge in [-0.2, -0.15) is 13.2 Å². The van der Waals surface area contributed by atoms with Crippen LogP contribution in [-0.2, 0) is 11.3 Å². The number of para-hydroxylation sites is 2. The first-order valence-corrected chi connectivity index (χ1v) is 6.82. The van der Waals surface area contributed by atoms with Gasteiger partial charge in [0.1, 0.15) is 0 Å². The van der Waals surface area contributed by atoms with Crippen molar-refractivity contribution in [2.45, 2.75) is 12.7 Å². The number of alkyl halides is 3. The summed E-state index contributed by atoms with van der Waals surface area (Å²) in [6.07, 6.45) is -4.96. The predicted octanol–water partition coefficient (Wildman–Crippen LogP) is 3.59. The summed E-state index contributed by atoms with van der Waals surface area (Å²) in [5.41, 5.74) is 2.05. The third-order valence-corrected chi connectivity index (χ3v) is 3.32. The van der Waals surface area contributed by atoms with Crippen LogP contribution in [0.5, 0.6) is 0 Å². The quantitative estimate of drug-likeness (QED) is 0.802. The lowest BCUT2D eigenvalue weighted by Gasteiger charge is -2.11. The minimum atomic E-state index is -4.96. The van der Waals surface area contributed by atoms with Gasteiger partial charge in [0.15, 0.2) is 0 Å². The number of halogens is 3. The van der Waals surface area contributed by atoms with E-state index in [0.717, 1.165) is 5.56 Å². The lowest BCUT2D eigenvalue weighted by atomic mass is 10.2. The van der Waals surface area contributed by atoms with Crippen LogP contribution < -0.4 is 5.32 Å². The molecule has 2 aromatic carbocycles. The molecule has 0 unspecified atom stereocenters. The summed E-state index contributed by atoms with van der Waals surface area (Å²) < 4.78 is 39.0. The van der Waals surface area contributed by atoms with Crippen LogP contribution in [0.3, 0.4) is 0 Å². The molecule has 0 atom stereocenters. The number of amides is 1. The average molecular weight is 319 g/mol. The van der Waals surface area contributed by atoms with Gasteiger partial charge < -0.3 is 4.57 Å². The van der Waals surface area contributed by atoms with Crippen LogP contribution in [0.1, 0.15) is 5.56 Å². The van der Waals surface area contributed by atoms with Gasteiger partial charge >= 0.3 is 12.1 Å². The minimum absolute atomic E-state index is 0.127. The van der Waals surface area contributed by atoms with Gasteiger partial charge in [0, 0.05) is 0 Å². The molecule has 0 radical (unpaired) electrons. The van der Waals surface area contributed by atoms with E-state index in [0.29, 0.717) is 17.6 Å². The number of imidazole rings is 1. The number of fused-ring (bicyclic) bond motifs is 1. The molecule has 0 fully saturated rings. The van der Waals surface area contributed by atoms with E-state index in [1.165, 1.54) is 0 Å². The van der Waals surface area contributed by atoms with Gasteiger partial charge in [-0.05, 0) is 17.7 Å². The number of hydrogen-bond donors (Lipinski definition) is 1. The highest BCUT2D eigenvalue weighted by molar-refractivity contribution is 5.95. The largest absolute Gasteiger partial charge is 0.471 e. The Labute approximate surface area is 129 Å². The summed E-state index contributed by atoms with van der Waals surface area (Å²) >= 11 is 0. The van der Waals surface area contributed by atoms with Gasteiger partial charge in [-0.1, -0.05) is 42.5 Å². The molecule has 0 aliphatic carbocycles. The molecule has 0 bridgehead atoms. The van der Waals surface area contributed by atoms with Gasteiger partial charge in [-0.3, -0.25) is 10.1 Å². The maximum Gasteiger partial charge on any atom is 0.471 e. The van der Waals surface area contributed by atoms with Crippen LogP contribution in [0.4, 0.5) is 19.1 Å². The van der Waals surface area contributed by atoms with E-state index >= 15 is 0 Å². The molecule has 1 aromatic heterocycles. The Morgan fingerprint density at radius 2 is 1.70 bits per heavy atom. The zero-order chi connectivity index (χ0) is 16.4. The molecule has 3 aromatic rings. The fraction of sp³-hybridized carbons (Fsp3) is 0.125. The Bertz CT molecular complexity index is 841. The van der Waals surface area contributed by atoms with Gasteiger partial charge in [0.25, 0.3) is 0 Å². The van der Waals surface area contributed by atoms with Crippen LogP contribution in [0.15, 0.2) is 54.6 Å². The third kappa shape index (κ3) is 3.18. The number of hydrogen-bond acceptors (Lipinski definition) is 2. The van der Waals surface area contributed by atoms with Crippen molar-refractivity contribution in [2.24, 2.45) is 0 Å². The van der Waals surface area contributed by atoms with E-state index in [4.69, 9.17) is 0 Å². The van der Waals surface area contributed by atoms with Crippen molar-refractivity contribution in [1.82, 2.24) is 9.55 Å². The lowest BCUT2D eigenvalue weighted by molar-refractivity contribution is -0.167. The van der Waals surface area contributed by atoms with Crippen LogP contribution in [0.2, 0.25) is 0 Å². The second kappa shape index (κ2) is 5.75. The predicted molar refractivity (Wildman–Crippen MR) is 80.0 cm³/mol. The first-order valence-electron chi connectivity index (χ1n) is 6.82.